The molecule has 0 radical (unpaired) electrons. The molecule has 2 heterocycles. The molecule has 0 unspecified atom stereocenters. The highest BCUT2D eigenvalue weighted by Gasteiger charge is 2.41. The second-order valence-corrected chi connectivity index (χ2v) is 9.38. The predicted molar refractivity (Wildman–Crippen MR) is 116 cm³/mol. The average molecular weight is 425 g/mol. The molecule has 3 fully saturated rings. The standard InChI is InChI=1S/C24H32N4O3/c1-31-19-11-9-17(10-12-19)21-13-22(28-14-20(25-26-28)16-7-8-16)23(29)15-27(21)24(30)18-5-3-2-4-6-18/h9-12,14,16,18,21-23,29H,2-8,13,15H2,1H3/t21-,22-,23-/m1/s1. The van der Waals surface area contributed by atoms with Crippen LogP contribution in [0.2, 0.25) is 0 Å². The fraction of sp³-hybridized carbons (Fsp3) is 0.625. The summed E-state index contributed by atoms with van der Waals surface area (Å²) in [5.41, 5.74) is 2.10. The molecule has 1 aromatic heterocycles. The maximum Gasteiger partial charge on any atom is 0.226 e. The molecule has 1 aliphatic heterocycles. The number of aromatic nitrogens is 3. The van der Waals surface area contributed by atoms with E-state index in [4.69, 9.17) is 4.74 Å². The molecule has 7 heteroatoms. The highest BCUT2D eigenvalue weighted by atomic mass is 16.5. The number of hydrogen-bond acceptors (Lipinski definition) is 5. The van der Waals surface area contributed by atoms with E-state index in [1.165, 1.54) is 19.3 Å². The number of nitrogens with zero attached hydrogens (tertiary/aromatic N) is 4. The van der Waals surface area contributed by atoms with Crippen molar-refractivity contribution in [1.82, 2.24) is 19.9 Å². The Hall–Kier alpha value is -2.41. The highest BCUT2D eigenvalue weighted by Crippen LogP contribution is 2.42. The van der Waals surface area contributed by atoms with Gasteiger partial charge in [-0.1, -0.05) is 36.6 Å². The third-order valence-corrected chi connectivity index (χ3v) is 7.27. The molecule has 0 bridgehead atoms. The van der Waals surface area contributed by atoms with Gasteiger partial charge in [0.15, 0.2) is 0 Å². The van der Waals surface area contributed by atoms with Crippen LogP contribution in [0, 0.1) is 5.92 Å². The molecule has 2 aromatic rings. The molecule has 166 valence electrons. The molecule has 3 aliphatic rings. The normalized spacial score (nSPS) is 27.3. The fourth-order valence-corrected chi connectivity index (χ4v) is 5.24. The van der Waals surface area contributed by atoms with Crippen LogP contribution in [0.1, 0.15) is 80.6 Å². The largest absolute Gasteiger partial charge is 0.497 e. The van der Waals surface area contributed by atoms with E-state index in [-0.39, 0.29) is 23.9 Å². The minimum absolute atomic E-state index is 0.0751. The van der Waals surface area contributed by atoms with Gasteiger partial charge in [-0.15, -0.1) is 5.10 Å². The smallest absolute Gasteiger partial charge is 0.226 e. The lowest BCUT2D eigenvalue weighted by Crippen LogP contribution is -2.51. The maximum atomic E-state index is 13.5. The second-order valence-electron chi connectivity index (χ2n) is 9.38. The second kappa shape index (κ2) is 8.61. The number of benzene rings is 1. The van der Waals surface area contributed by atoms with Gasteiger partial charge in [0.2, 0.25) is 5.91 Å². The summed E-state index contributed by atoms with van der Waals surface area (Å²) in [6.45, 7) is 0.329. The van der Waals surface area contributed by atoms with E-state index in [0.717, 1.165) is 42.7 Å². The monoisotopic (exact) mass is 424 g/mol. The van der Waals surface area contributed by atoms with E-state index < -0.39 is 6.10 Å². The number of carbonyl (C=O) groups is 1. The van der Waals surface area contributed by atoms with Crippen molar-refractivity contribution >= 4 is 5.91 Å². The number of carbonyl (C=O) groups excluding carboxylic acids is 1. The van der Waals surface area contributed by atoms with Crippen molar-refractivity contribution in [3.05, 3.63) is 41.7 Å². The van der Waals surface area contributed by atoms with E-state index in [0.29, 0.717) is 18.9 Å². The molecule has 2 saturated carbocycles. The van der Waals surface area contributed by atoms with Crippen LogP contribution in [0.15, 0.2) is 30.5 Å². The Labute approximate surface area is 183 Å². The zero-order chi connectivity index (χ0) is 21.4. The molecule has 7 nitrogen and oxygen atoms in total. The minimum Gasteiger partial charge on any atom is -0.497 e. The van der Waals surface area contributed by atoms with E-state index >= 15 is 0 Å². The van der Waals surface area contributed by atoms with Crippen LogP contribution in [-0.2, 0) is 4.79 Å². The number of amides is 1. The molecule has 3 atom stereocenters. The van der Waals surface area contributed by atoms with Gasteiger partial charge in [0.1, 0.15) is 5.75 Å². The number of hydrogen-bond donors (Lipinski definition) is 1. The summed E-state index contributed by atoms with van der Waals surface area (Å²) in [6.07, 6.45) is 9.66. The first-order valence-electron chi connectivity index (χ1n) is 11.7. The van der Waals surface area contributed by atoms with Crippen molar-refractivity contribution in [3.8, 4) is 5.75 Å². The van der Waals surface area contributed by atoms with Crippen LogP contribution in [0.3, 0.4) is 0 Å². The van der Waals surface area contributed by atoms with Crippen LogP contribution in [0.25, 0.3) is 0 Å². The van der Waals surface area contributed by atoms with Crippen molar-refractivity contribution in [2.75, 3.05) is 13.7 Å². The summed E-state index contributed by atoms with van der Waals surface area (Å²) in [5.74, 6) is 1.59. The Bertz CT molecular complexity index is 902. The minimum atomic E-state index is -0.657. The van der Waals surface area contributed by atoms with Crippen LogP contribution < -0.4 is 4.74 Å². The number of rotatable bonds is 5. The number of aliphatic hydroxyl groups is 1. The van der Waals surface area contributed by atoms with Gasteiger partial charge in [0.05, 0.1) is 31.0 Å². The third-order valence-electron chi connectivity index (χ3n) is 7.27. The summed E-state index contributed by atoms with van der Waals surface area (Å²) in [6, 6.07) is 7.68. The van der Waals surface area contributed by atoms with E-state index in [9.17, 15) is 9.90 Å². The van der Waals surface area contributed by atoms with Gasteiger partial charge in [-0.25, -0.2) is 4.68 Å². The van der Waals surface area contributed by atoms with Crippen LogP contribution >= 0.6 is 0 Å². The molecular formula is C24H32N4O3. The van der Waals surface area contributed by atoms with Gasteiger partial charge in [-0.3, -0.25) is 4.79 Å². The van der Waals surface area contributed by atoms with Crippen molar-refractivity contribution in [2.45, 2.75) is 75.5 Å². The van der Waals surface area contributed by atoms with Crippen LogP contribution in [0.4, 0.5) is 0 Å². The lowest BCUT2D eigenvalue weighted by atomic mass is 9.84. The lowest BCUT2D eigenvalue weighted by molar-refractivity contribution is -0.145. The van der Waals surface area contributed by atoms with Gasteiger partial charge in [-0.05, 0) is 49.8 Å². The van der Waals surface area contributed by atoms with Gasteiger partial charge >= 0.3 is 0 Å². The SMILES string of the molecule is COc1ccc([C@H]2C[C@@H](n3cc(C4CC4)nn3)[C@H](O)CN2C(=O)C2CCCCC2)cc1. The van der Waals surface area contributed by atoms with Crippen molar-refractivity contribution in [2.24, 2.45) is 5.92 Å². The Morgan fingerprint density at radius 3 is 2.52 bits per heavy atom. The molecular weight excluding hydrogens is 392 g/mol. The van der Waals surface area contributed by atoms with Gasteiger partial charge in [-0.2, -0.15) is 0 Å². The quantitative estimate of drug-likeness (QED) is 0.793. The summed E-state index contributed by atoms with van der Waals surface area (Å²) in [5, 5.41) is 19.7. The topological polar surface area (TPSA) is 80.5 Å². The summed E-state index contributed by atoms with van der Waals surface area (Å²) in [7, 11) is 1.66. The first kappa shape index (κ1) is 20.5. The van der Waals surface area contributed by atoms with E-state index in [1.54, 1.807) is 7.11 Å². The number of likely N-dealkylation sites (tertiary alicyclic amines) is 1. The van der Waals surface area contributed by atoms with Crippen molar-refractivity contribution in [1.29, 1.82) is 0 Å². The Balaban J connectivity index is 1.42. The zero-order valence-electron chi connectivity index (χ0n) is 18.2. The number of piperidine rings is 1. The number of β-amino-alcohol motifs (C(OH)–C–C–N with tert-alkyl or cyclic N) is 1. The molecule has 1 saturated heterocycles. The van der Waals surface area contributed by atoms with Crippen LogP contribution in [0.5, 0.6) is 5.75 Å². The maximum absolute atomic E-state index is 13.5. The zero-order valence-corrected chi connectivity index (χ0v) is 18.2. The fourth-order valence-electron chi connectivity index (χ4n) is 5.24. The van der Waals surface area contributed by atoms with E-state index in [1.807, 2.05) is 40.0 Å². The molecule has 5 rings (SSSR count). The Morgan fingerprint density at radius 2 is 1.84 bits per heavy atom. The first-order chi connectivity index (χ1) is 15.1. The molecule has 31 heavy (non-hydrogen) atoms. The van der Waals surface area contributed by atoms with Gasteiger partial charge in [0.25, 0.3) is 0 Å². The van der Waals surface area contributed by atoms with Gasteiger partial charge < -0.3 is 14.7 Å². The number of ether oxygens (including phenoxy) is 1. The summed E-state index contributed by atoms with van der Waals surface area (Å²) in [4.78, 5) is 15.4. The Kier molecular flexibility index (Phi) is 5.69. The molecule has 0 spiro atoms. The Morgan fingerprint density at radius 1 is 1.10 bits per heavy atom. The average Bonchev–Trinajstić information content (AvgIpc) is 3.56. The molecule has 1 aromatic carbocycles. The predicted octanol–water partition coefficient (Wildman–Crippen LogP) is 3.62. The third kappa shape index (κ3) is 4.20. The summed E-state index contributed by atoms with van der Waals surface area (Å²) >= 11 is 0. The first-order valence-corrected chi connectivity index (χ1v) is 11.7. The lowest BCUT2D eigenvalue weighted by Gasteiger charge is -2.44. The number of aliphatic hydroxyl groups excluding tert-OH is 1. The highest BCUT2D eigenvalue weighted by molar-refractivity contribution is 5.79. The molecule has 1 N–H and O–H groups in total. The van der Waals surface area contributed by atoms with Crippen LogP contribution in [-0.4, -0.2) is 50.7 Å². The van der Waals surface area contributed by atoms with Crippen molar-refractivity contribution < 1.29 is 14.6 Å². The van der Waals surface area contributed by atoms with Gasteiger partial charge in [0, 0.05) is 24.6 Å². The summed E-state index contributed by atoms with van der Waals surface area (Å²) < 4.78 is 7.15. The molecule has 1 amide bonds. The van der Waals surface area contributed by atoms with E-state index in [2.05, 4.69) is 10.3 Å². The molecule has 2 aliphatic carbocycles. The number of methoxy groups -OCH3 is 1. The van der Waals surface area contributed by atoms with Crippen molar-refractivity contribution in [3.63, 3.8) is 0 Å².